The maximum atomic E-state index is 15.0. The minimum absolute atomic E-state index is 0.152. The molecule has 2 aromatic carbocycles. The van der Waals surface area contributed by atoms with Gasteiger partial charge < -0.3 is 20.1 Å². The van der Waals surface area contributed by atoms with E-state index in [0.717, 1.165) is 31.5 Å². The number of aromatic nitrogens is 3. The first-order valence-corrected chi connectivity index (χ1v) is 15.1. The van der Waals surface area contributed by atoms with Gasteiger partial charge in [0.15, 0.2) is 0 Å². The van der Waals surface area contributed by atoms with Crippen LogP contribution in [0.2, 0.25) is 0 Å². The van der Waals surface area contributed by atoms with Crippen LogP contribution in [0, 0.1) is 12.7 Å². The molecule has 0 radical (unpaired) electrons. The summed E-state index contributed by atoms with van der Waals surface area (Å²) in [5.74, 6) is 0.219. The molecule has 5 rings (SSSR count). The maximum Gasteiger partial charge on any atom is 0.235 e. The number of fused-ring (bicyclic) bond motifs is 1. The quantitative estimate of drug-likeness (QED) is 0.241. The van der Waals surface area contributed by atoms with Crippen molar-refractivity contribution < 1.29 is 22.3 Å². The highest BCUT2D eigenvalue weighted by Crippen LogP contribution is 2.39. The molecule has 1 aliphatic heterocycles. The number of nitrogens with zero attached hydrogens (tertiary/aromatic N) is 3. The van der Waals surface area contributed by atoms with Crippen LogP contribution in [0.15, 0.2) is 54.9 Å². The lowest BCUT2D eigenvalue weighted by Gasteiger charge is -2.23. The molecule has 0 amide bonds. The number of rotatable bonds is 10. The van der Waals surface area contributed by atoms with E-state index in [4.69, 9.17) is 14.5 Å². The number of nitrogens with one attached hydrogen (secondary N) is 3. The van der Waals surface area contributed by atoms with Crippen LogP contribution in [0.1, 0.15) is 25.3 Å². The first-order chi connectivity index (χ1) is 19.7. The average Bonchev–Trinajstić information content (AvgIpc) is 2.96. The summed E-state index contributed by atoms with van der Waals surface area (Å²) in [6.07, 6.45) is 4.86. The van der Waals surface area contributed by atoms with E-state index >= 15 is 0 Å². The summed E-state index contributed by atoms with van der Waals surface area (Å²) >= 11 is 0. The molecule has 3 N–H and O–H groups in total. The van der Waals surface area contributed by atoms with Crippen molar-refractivity contribution in [2.24, 2.45) is 0 Å². The van der Waals surface area contributed by atoms with Crippen molar-refractivity contribution in [1.29, 1.82) is 0 Å². The van der Waals surface area contributed by atoms with Crippen molar-refractivity contribution in [3.8, 4) is 22.9 Å². The Hall–Kier alpha value is -3.87. The third kappa shape index (κ3) is 6.72. The van der Waals surface area contributed by atoms with Gasteiger partial charge in [-0.25, -0.2) is 27.8 Å². The Labute approximate surface area is 238 Å². The van der Waals surface area contributed by atoms with Crippen LogP contribution in [0.25, 0.3) is 22.0 Å². The topological polar surface area (TPSA) is 127 Å². The molecule has 10 nitrogen and oxygen atoms in total. The van der Waals surface area contributed by atoms with Gasteiger partial charge in [-0.3, -0.25) is 4.72 Å². The second-order valence-corrected chi connectivity index (χ2v) is 11.8. The van der Waals surface area contributed by atoms with Gasteiger partial charge in [0.1, 0.15) is 11.6 Å². The van der Waals surface area contributed by atoms with Crippen LogP contribution in [0.5, 0.6) is 11.6 Å². The molecule has 0 bridgehead atoms. The fourth-order valence-electron chi connectivity index (χ4n) is 4.77. The summed E-state index contributed by atoms with van der Waals surface area (Å²) in [6.45, 7) is 5.34. The third-order valence-corrected chi connectivity index (χ3v) is 8.37. The van der Waals surface area contributed by atoms with Gasteiger partial charge in [0.05, 0.1) is 28.8 Å². The number of pyridine rings is 1. The largest absolute Gasteiger partial charge is 0.437 e. The zero-order valence-corrected chi connectivity index (χ0v) is 24.0. The monoisotopic (exact) mass is 580 g/mol. The zero-order chi connectivity index (χ0) is 29.0. The van der Waals surface area contributed by atoms with E-state index in [2.05, 4.69) is 25.3 Å². The van der Waals surface area contributed by atoms with Crippen LogP contribution in [0.3, 0.4) is 0 Å². The molecule has 0 aliphatic carbocycles. The SMILES string of the molecule is COC(C)CS(=O)(=O)Nc1c(F)ccc2c(Oc3ncccc3-c3ccnc(NC4CCCNC4)n3)c(C)ccc12. The van der Waals surface area contributed by atoms with Crippen molar-refractivity contribution in [1.82, 2.24) is 20.3 Å². The molecule has 0 spiro atoms. The molecule has 216 valence electrons. The Morgan fingerprint density at radius 2 is 1.95 bits per heavy atom. The van der Waals surface area contributed by atoms with Crippen LogP contribution in [0.4, 0.5) is 16.0 Å². The standard InChI is InChI=1S/C29H33FN6O4S/c1-18-8-9-21-22(10-11-24(30)26(21)36-41(37,38)17-19(2)39-3)27(18)40-28-23(7-5-14-32-28)25-12-15-33-29(35-25)34-20-6-4-13-31-16-20/h5,7-12,14-15,19-20,31,36H,4,6,13,16-17H2,1-3H3,(H,33,34,35). The lowest BCUT2D eigenvalue weighted by molar-refractivity contribution is 0.136. The molecule has 4 aromatic rings. The third-order valence-electron chi connectivity index (χ3n) is 6.94. The van der Waals surface area contributed by atoms with E-state index in [1.807, 2.05) is 13.0 Å². The van der Waals surface area contributed by atoms with Gasteiger partial charge in [0.2, 0.25) is 21.9 Å². The Bertz CT molecular complexity index is 1650. The molecule has 1 aliphatic rings. The van der Waals surface area contributed by atoms with Gasteiger partial charge in [0.25, 0.3) is 0 Å². The van der Waals surface area contributed by atoms with Gasteiger partial charge >= 0.3 is 0 Å². The number of piperidine rings is 1. The number of halogens is 1. The van der Waals surface area contributed by atoms with Crippen molar-refractivity contribution >= 4 is 32.4 Å². The van der Waals surface area contributed by atoms with Crippen LogP contribution < -0.4 is 20.1 Å². The Morgan fingerprint density at radius 3 is 2.73 bits per heavy atom. The molecular formula is C29H33FN6O4S. The normalized spacial score (nSPS) is 16.3. The highest BCUT2D eigenvalue weighted by atomic mass is 32.2. The Kier molecular flexibility index (Phi) is 8.62. The van der Waals surface area contributed by atoms with E-state index in [-0.39, 0.29) is 17.5 Å². The van der Waals surface area contributed by atoms with Crippen molar-refractivity contribution in [2.45, 2.75) is 38.8 Å². The molecule has 41 heavy (non-hydrogen) atoms. The van der Waals surface area contributed by atoms with E-state index in [1.54, 1.807) is 49.6 Å². The van der Waals surface area contributed by atoms with Gasteiger partial charge in [-0.2, -0.15) is 0 Å². The smallest absolute Gasteiger partial charge is 0.235 e. The first kappa shape index (κ1) is 28.7. The molecule has 3 heterocycles. The minimum Gasteiger partial charge on any atom is -0.437 e. The van der Waals surface area contributed by atoms with Crippen molar-refractivity contribution in [3.63, 3.8) is 0 Å². The number of hydrogen-bond donors (Lipinski definition) is 3. The Morgan fingerprint density at radius 1 is 1.12 bits per heavy atom. The summed E-state index contributed by atoms with van der Waals surface area (Å²) in [4.78, 5) is 13.6. The van der Waals surface area contributed by atoms with Gasteiger partial charge in [-0.1, -0.05) is 12.1 Å². The predicted molar refractivity (Wildman–Crippen MR) is 157 cm³/mol. The summed E-state index contributed by atoms with van der Waals surface area (Å²) < 4.78 is 54.3. The number of ether oxygens (including phenoxy) is 2. The molecule has 2 aromatic heterocycles. The predicted octanol–water partition coefficient (Wildman–Crippen LogP) is 4.87. The minimum atomic E-state index is -3.89. The summed E-state index contributed by atoms with van der Waals surface area (Å²) in [5.41, 5.74) is 1.88. The molecule has 0 saturated carbocycles. The number of methoxy groups -OCH3 is 1. The molecule has 2 unspecified atom stereocenters. The van der Waals surface area contributed by atoms with Crippen LogP contribution >= 0.6 is 0 Å². The molecule has 1 fully saturated rings. The molecule has 1 saturated heterocycles. The van der Waals surface area contributed by atoms with Crippen LogP contribution in [-0.4, -0.2) is 61.5 Å². The second-order valence-electron chi connectivity index (χ2n) is 10.1. The molecule has 2 atom stereocenters. The molecule has 12 heteroatoms. The fraction of sp³-hybridized carbons (Fsp3) is 0.345. The van der Waals surface area contributed by atoms with Gasteiger partial charge in [-0.05, 0) is 69.1 Å². The van der Waals surface area contributed by atoms with Gasteiger partial charge in [0, 0.05) is 42.9 Å². The van der Waals surface area contributed by atoms with Crippen LogP contribution in [-0.2, 0) is 14.8 Å². The lowest BCUT2D eigenvalue weighted by Crippen LogP contribution is -2.38. The van der Waals surface area contributed by atoms with E-state index in [1.165, 1.54) is 13.2 Å². The number of aryl methyl sites for hydroxylation is 1. The van der Waals surface area contributed by atoms with E-state index in [9.17, 15) is 12.8 Å². The first-order valence-electron chi connectivity index (χ1n) is 13.4. The fourth-order valence-corrected chi connectivity index (χ4v) is 6.13. The molecular weight excluding hydrogens is 547 g/mol. The van der Waals surface area contributed by atoms with Crippen molar-refractivity contribution in [2.75, 3.05) is 36.0 Å². The van der Waals surface area contributed by atoms with Gasteiger partial charge in [-0.15, -0.1) is 0 Å². The highest BCUT2D eigenvalue weighted by Gasteiger charge is 2.22. The highest BCUT2D eigenvalue weighted by molar-refractivity contribution is 7.92. The number of hydrogen-bond acceptors (Lipinski definition) is 9. The summed E-state index contributed by atoms with van der Waals surface area (Å²) in [7, 11) is -2.47. The average molecular weight is 581 g/mol. The lowest BCUT2D eigenvalue weighted by atomic mass is 10.0. The number of sulfonamides is 1. The van der Waals surface area contributed by atoms with E-state index in [0.29, 0.717) is 39.6 Å². The second kappa shape index (κ2) is 12.3. The zero-order valence-electron chi connectivity index (χ0n) is 23.1. The van der Waals surface area contributed by atoms with E-state index < -0.39 is 21.9 Å². The number of benzene rings is 2. The Balaban J connectivity index is 1.49. The van der Waals surface area contributed by atoms with Crippen molar-refractivity contribution in [3.05, 3.63) is 66.2 Å². The maximum absolute atomic E-state index is 15.0. The summed E-state index contributed by atoms with van der Waals surface area (Å²) in [6, 6.07) is 11.9. The number of anilines is 2. The summed E-state index contributed by atoms with van der Waals surface area (Å²) in [5, 5.41) is 7.64.